The molecule has 4 heterocycles. The number of aromatic nitrogens is 2. The SMILES string of the molecule is Cc1ccc2c(n1)oc1c(N3c4ccccc4N(C(C)(C)c4cccn4C)[C@@H]3C)c(C)ccc12. The van der Waals surface area contributed by atoms with E-state index in [4.69, 9.17) is 4.42 Å². The highest BCUT2D eigenvalue weighted by Gasteiger charge is 2.44. The zero-order chi connectivity index (χ0) is 23.8. The molecule has 0 N–H and O–H groups in total. The van der Waals surface area contributed by atoms with Crippen LogP contribution in [-0.2, 0) is 12.6 Å². The van der Waals surface area contributed by atoms with Crippen molar-refractivity contribution < 1.29 is 4.42 Å². The van der Waals surface area contributed by atoms with Crippen molar-refractivity contribution >= 4 is 39.1 Å². The second kappa shape index (κ2) is 7.13. The van der Waals surface area contributed by atoms with Crippen LogP contribution in [0.25, 0.3) is 22.1 Å². The van der Waals surface area contributed by atoms with Crippen LogP contribution in [0.2, 0.25) is 0 Å². The summed E-state index contributed by atoms with van der Waals surface area (Å²) >= 11 is 0. The minimum atomic E-state index is -0.225. The maximum Gasteiger partial charge on any atom is 0.227 e. The maximum absolute atomic E-state index is 6.46. The number of para-hydroxylation sites is 2. The molecule has 5 aromatic rings. The van der Waals surface area contributed by atoms with E-state index in [9.17, 15) is 0 Å². The van der Waals surface area contributed by atoms with Crippen LogP contribution >= 0.6 is 0 Å². The third-order valence-electron chi connectivity index (χ3n) is 7.38. The number of furan rings is 1. The van der Waals surface area contributed by atoms with Crippen molar-refractivity contribution in [3.8, 4) is 0 Å². The van der Waals surface area contributed by atoms with E-state index in [0.29, 0.717) is 5.71 Å². The molecule has 0 radical (unpaired) electrons. The molecule has 0 saturated carbocycles. The lowest BCUT2D eigenvalue weighted by Gasteiger charge is -2.42. The standard InChI is InChI=1S/C29H30N4O/c1-18-13-15-21-22-16-14-19(2)30-28(22)34-27(21)26(18)32-20(3)33(24-11-8-7-10-23(24)32)29(4,5)25-12-9-17-31(25)6/h7-17,20H,1-6H3/t20-/m1/s1. The summed E-state index contributed by atoms with van der Waals surface area (Å²) < 4.78 is 8.68. The zero-order valence-corrected chi connectivity index (χ0v) is 20.6. The zero-order valence-electron chi connectivity index (χ0n) is 20.6. The van der Waals surface area contributed by atoms with E-state index in [1.54, 1.807) is 0 Å². The summed E-state index contributed by atoms with van der Waals surface area (Å²) in [5.41, 5.74) is 8.31. The van der Waals surface area contributed by atoms with Gasteiger partial charge in [0.2, 0.25) is 5.71 Å². The molecule has 0 amide bonds. The van der Waals surface area contributed by atoms with Gasteiger partial charge in [0, 0.05) is 35.4 Å². The molecular formula is C29H30N4O. The smallest absolute Gasteiger partial charge is 0.227 e. The fourth-order valence-electron chi connectivity index (χ4n) is 5.88. The Hall–Kier alpha value is -3.73. The Morgan fingerprint density at radius 1 is 0.882 bits per heavy atom. The van der Waals surface area contributed by atoms with Crippen LogP contribution in [0.4, 0.5) is 17.1 Å². The molecule has 1 aliphatic heterocycles. The summed E-state index contributed by atoms with van der Waals surface area (Å²) in [6.45, 7) is 11.1. The fraction of sp³-hybridized carbons (Fsp3) is 0.276. The highest BCUT2D eigenvalue weighted by Crippen LogP contribution is 2.52. The lowest BCUT2D eigenvalue weighted by atomic mass is 9.96. The van der Waals surface area contributed by atoms with E-state index in [1.807, 2.05) is 6.92 Å². The summed E-state index contributed by atoms with van der Waals surface area (Å²) in [5.74, 6) is 0. The summed E-state index contributed by atoms with van der Waals surface area (Å²) in [6, 6.07) is 21.6. The van der Waals surface area contributed by atoms with Gasteiger partial charge < -0.3 is 18.8 Å². The number of benzene rings is 2. The van der Waals surface area contributed by atoms with Crippen LogP contribution < -0.4 is 9.80 Å². The fourth-order valence-corrected chi connectivity index (χ4v) is 5.88. The monoisotopic (exact) mass is 450 g/mol. The minimum absolute atomic E-state index is 0.0782. The number of hydrogen-bond donors (Lipinski definition) is 0. The molecule has 1 aliphatic rings. The first-order valence-corrected chi connectivity index (χ1v) is 11.9. The van der Waals surface area contributed by atoms with Gasteiger partial charge in [0.1, 0.15) is 6.17 Å². The molecular weight excluding hydrogens is 420 g/mol. The summed E-state index contributed by atoms with van der Waals surface area (Å²) in [5, 5.41) is 2.16. The van der Waals surface area contributed by atoms with Gasteiger partial charge in [-0.3, -0.25) is 0 Å². The molecule has 34 heavy (non-hydrogen) atoms. The summed E-state index contributed by atoms with van der Waals surface area (Å²) in [4.78, 5) is 9.64. The Bertz CT molecular complexity index is 1560. The molecule has 3 aromatic heterocycles. The van der Waals surface area contributed by atoms with E-state index in [1.165, 1.54) is 22.6 Å². The molecule has 0 unspecified atom stereocenters. The largest absolute Gasteiger partial charge is 0.435 e. The quantitative estimate of drug-likeness (QED) is 0.292. The molecule has 5 nitrogen and oxygen atoms in total. The summed E-state index contributed by atoms with van der Waals surface area (Å²) in [6.07, 6.45) is 2.20. The first-order valence-electron chi connectivity index (χ1n) is 11.9. The van der Waals surface area contributed by atoms with Crippen LogP contribution in [0, 0.1) is 13.8 Å². The van der Waals surface area contributed by atoms with E-state index < -0.39 is 0 Å². The molecule has 0 saturated heterocycles. The lowest BCUT2D eigenvalue weighted by Crippen LogP contribution is -2.50. The molecule has 0 aliphatic carbocycles. The number of pyridine rings is 1. The molecule has 1 atom stereocenters. The van der Waals surface area contributed by atoms with Gasteiger partial charge in [-0.05, 0) is 76.6 Å². The van der Waals surface area contributed by atoms with Crippen molar-refractivity contribution in [3.05, 3.63) is 83.8 Å². The van der Waals surface area contributed by atoms with Gasteiger partial charge in [0.15, 0.2) is 5.58 Å². The normalized spacial score (nSPS) is 16.1. The molecule has 0 bridgehead atoms. The van der Waals surface area contributed by atoms with Crippen molar-refractivity contribution in [2.24, 2.45) is 7.05 Å². The second-order valence-electron chi connectivity index (χ2n) is 9.94. The van der Waals surface area contributed by atoms with Crippen molar-refractivity contribution in [2.45, 2.75) is 46.3 Å². The first-order chi connectivity index (χ1) is 16.3. The minimum Gasteiger partial charge on any atom is -0.435 e. The van der Waals surface area contributed by atoms with Crippen molar-refractivity contribution in [1.82, 2.24) is 9.55 Å². The van der Waals surface area contributed by atoms with Crippen LogP contribution in [0.5, 0.6) is 0 Å². The molecule has 6 rings (SSSR count). The summed E-state index contributed by atoms with van der Waals surface area (Å²) in [7, 11) is 2.12. The molecule has 172 valence electrons. The van der Waals surface area contributed by atoms with Crippen LogP contribution in [0.1, 0.15) is 37.7 Å². The number of rotatable bonds is 3. The van der Waals surface area contributed by atoms with Gasteiger partial charge in [-0.1, -0.05) is 24.3 Å². The topological polar surface area (TPSA) is 37.4 Å². The highest BCUT2D eigenvalue weighted by atomic mass is 16.3. The van der Waals surface area contributed by atoms with Gasteiger partial charge in [0.05, 0.1) is 22.6 Å². The Balaban J connectivity index is 1.60. The second-order valence-corrected chi connectivity index (χ2v) is 9.94. The number of nitrogens with zero attached hydrogens (tertiary/aromatic N) is 4. The third-order valence-corrected chi connectivity index (χ3v) is 7.38. The number of aryl methyl sites for hydroxylation is 3. The van der Waals surface area contributed by atoms with Gasteiger partial charge in [0.25, 0.3) is 0 Å². The Kier molecular flexibility index (Phi) is 4.37. The Labute approximate surface area is 200 Å². The molecule has 5 heteroatoms. The number of anilines is 3. The lowest BCUT2D eigenvalue weighted by molar-refractivity contribution is 0.425. The van der Waals surface area contributed by atoms with Crippen molar-refractivity contribution in [1.29, 1.82) is 0 Å². The van der Waals surface area contributed by atoms with E-state index >= 15 is 0 Å². The third kappa shape index (κ3) is 2.76. The average Bonchev–Trinajstić information content (AvgIpc) is 3.47. The van der Waals surface area contributed by atoms with Gasteiger partial charge in [-0.2, -0.15) is 0 Å². The van der Waals surface area contributed by atoms with E-state index in [0.717, 1.165) is 27.7 Å². The molecule has 0 fully saturated rings. The number of hydrogen-bond acceptors (Lipinski definition) is 4. The van der Waals surface area contributed by atoms with Crippen molar-refractivity contribution in [2.75, 3.05) is 9.80 Å². The predicted molar refractivity (Wildman–Crippen MR) is 140 cm³/mol. The Morgan fingerprint density at radius 2 is 1.62 bits per heavy atom. The maximum atomic E-state index is 6.46. The molecule has 2 aromatic carbocycles. The van der Waals surface area contributed by atoms with Crippen LogP contribution in [0.15, 0.2) is 71.3 Å². The Morgan fingerprint density at radius 3 is 2.35 bits per heavy atom. The molecule has 0 spiro atoms. The van der Waals surface area contributed by atoms with Crippen molar-refractivity contribution in [3.63, 3.8) is 0 Å². The van der Waals surface area contributed by atoms with Crippen LogP contribution in [-0.4, -0.2) is 15.7 Å². The predicted octanol–water partition coefficient (Wildman–Crippen LogP) is 7.18. The number of fused-ring (bicyclic) bond motifs is 4. The van der Waals surface area contributed by atoms with Gasteiger partial charge in [-0.15, -0.1) is 0 Å². The van der Waals surface area contributed by atoms with E-state index in [-0.39, 0.29) is 11.7 Å². The van der Waals surface area contributed by atoms with E-state index in [2.05, 4.69) is 121 Å². The van der Waals surface area contributed by atoms with Crippen LogP contribution in [0.3, 0.4) is 0 Å². The first kappa shape index (κ1) is 20.8. The van der Waals surface area contributed by atoms with Gasteiger partial charge >= 0.3 is 0 Å². The van der Waals surface area contributed by atoms with Gasteiger partial charge in [-0.25, -0.2) is 4.98 Å². The average molecular weight is 451 g/mol. The highest BCUT2D eigenvalue weighted by molar-refractivity contribution is 6.10.